The fourth-order valence-corrected chi connectivity index (χ4v) is 1.48. The maximum absolute atomic E-state index is 4.02. The zero-order chi connectivity index (χ0) is 8.69. The number of nitrogens with zero attached hydrogens (tertiary/aromatic N) is 1. The molecule has 0 N–H and O–H groups in total. The first-order valence-electron chi connectivity index (χ1n) is 4.19. The number of hydrogen-bond acceptors (Lipinski definition) is 2. The predicted octanol–water partition coefficient (Wildman–Crippen LogP) is 2.60. The minimum Gasteiger partial charge on any atom is -0.378 e. The molecule has 1 nitrogen and oxygen atoms in total. The van der Waals surface area contributed by atoms with Gasteiger partial charge in [-0.15, -0.1) is 0 Å². The van der Waals surface area contributed by atoms with Crippen molar-refractivity contribution in [1.29, 1.82) is 0 Å². The van der Waals surface area contributed by atoms with E-state index in [0.29, 0.717) is 0 Å². The summed E-state index contributed by atoms with van der Waals surface area (Å²) in [7, 11) is 2.11. The molecule has 0 radical (unpaired) electrons. The zero-order valence-electron chi connectivity index (χ0n) is 7.89. The molecule has 0 aliphatic carbocycles. The van der Waals surface area contributed by atoms with Crippen molar-refractivity contribution in [3.63, 3.8) is 0 Å². The van der Waals surface area contributed by atoms with Crippen LogP contribution in [-0.4, -0.2) is 30.0 Å². The Morgan fingerprint density at radius 1 is 1.45 bits per heavy atom. The highest BCUT2D eigenvalue weighted by atomic mass is 32.2. The fraction of sp³-hybridized carbons (Fsp3) is 0.778. The predicted molar refractivity (Wildman–Crippen MR) is 55.1 cm³/mol. The van der Waals surface area contributed by atoms with Gasteiger partial charge in [0.1, 0.15) is 0 Å². The van der Waals surface area contributed by atoms with E-state index in [1.54, 1.807) is 0 Å². The molecule has 0 heterocycles. The lowest BCUT2D eigenvalue weighted by Gasteiger charge is -2.20. The first kappa shape index (κ1) is 10.9. The van der Waals surface area contributed by atoms with Crippen LogP contribution in [0.1, 0.15) is 20.3 Å². The second-order valence-electron chi connectivity index (χ2n) is 2.62. The van der Waals surface area contributed by atoms with Gasteiger partial charge >= 0.3 is 0 Å². The molecule has 0 amide bonds. The molecule has 0 aliphatic rings. The molecular formula is C9H19NS. The quantitative estimate of drug-likeness (QED) is 0.607. The van der Waals surface area contributed by atoms with Gasteiger partial charge in [-0.1, -0.05) is 20.4 Å². The molecule has 0 saturated carbocycles. The standard InChI is InChI=1S/C9H19NS/c1-5-7-10(4)9(3)8-11-6-2/h3,5-8H2,1-2,4H3. The average molecular weight is 173 g/mol. The van der Waals surface area contributed by atoms with Crippen molar-refractivity contribution in [2.45, 2.75) is 20.3 Å². The van der Waals surface area contributed by atoms with Crippen LogP contribution < -0.4 is 0 Å². The summed E-state index contributed by atoms with van der Waals surface area (Å²) in [6.07, 6.45) is 1.20. The monoisotopic (exact) mass is 173 g/mol. The lowest BCUT2D eigenvalue weighted by Crippen LogP contribution is -2.19. The maximum atomic E-state index is 4.02. The lowest BCUT2D eigenvalue weighted by molar-refractivity contribution is 0.421. The van der Waals surface area contributed by atoms with Crippen molar-refractivity contribution in [3.8, 4) is 0 Å². The van der Waals surface area contributed by atoms with Crippen LogP contribution in [0.2, 0.25) is 0 Å². The van der Waals surface area contributed by atoms with Gasteiger partial charge in [-0.25, -0.2) is 0 Å². The average Bonchev–Trinajstić information content (AvgIpc) is 2.00. The second-order valence-corrected chi connectivity index (χ2v) is 3.90. The molecule has 2 heteroatoms. The lowest BCUT2D eigenvalue weighted by atomic mass is 10.4. The molecule has 66 valence electrons. The van der Waals surface area contributed by atoms with Gasteiger partial charge in [-0.2, -0.15) is 11.8 Å². The highest BCUT2D eigenvalue weighted by Crippen LogP contribution is 2.08. The molecule has 11 heavy (non-hydrogen) atoms. The third-order valence-electron chi connectivity index (χ3n) is 1.57. The molecule has 0 aromatic heterocycles. The number of rotatable bonds is 6. The van der Waals surface area contributed by atoms with Crippen molar-refractivity contribution < 1.29 is 0 Å². The molecule has 0 spiro atoms. The molecule has 0 saturated heterocycles. The van der Waals surface area contributed by atoms with E-state index in [9.17, 15) is 0 Å². The summed E-state index contributed by atoms with van der Waals surface area (Å²) in [4.78, 5) is 2.24. The Kier molecular flexibility index (Phi) is 6.52. The third kappa shape index (κ3) is 5.19. The maximum Gasteiger partial charge on any atom is 0.0328 e. The normalized spacial score (nSPS) is 9.73. The van der Waals surface area contributed by atoms with Gasteiger partial charge in [-0.3, -0.25) is 0 Å². The number of hydrogen-bond donors (Lipinski definition) is 0. The summed E-state index contributed by atoms with van der Waals surface area (Å²) >= 11 is 1.93. The van der Waals surface area contributed by atoms with Crippen molar-refractivity contribution >= 4 is 11.8 Å². The van der Waals surface area contributed by atoms with E-state index in [0.717, 1.165) is 12.3 Å². The summed E-state index contributed by atoms with van der Waals surface area (Å²) in [6.45, 7) is 9.51. The van der Waals surface area contributed by atoms with Crippen molar-refractivity contribution in [2.75, 3.05) is 25.1 Å². The van der Waals surface area contributed by atoms with Crippen LogP contribution in [0, 0.1) is 0 Å². The van der Waals surface area contributed by atoms with Gasteiger partial charge in [0.05, 0.1) is 0 Å². The summed E-state index contributed by atoms with van der Waals surface area (Å²) in [5.41, 5.74) is 1.25. The molecule has 0 rings (SSSR count). The Morgan fingerprint density at radius 3 is 2.55 bits per heavy atom. The Bertz CT molecular complexity index is 112. The van der Waals surface area contributed by atoms with Crippen LogP contribution in [-0.2, 0) is 0 Å². The van der Waals surface area contributed by atoms with Crippen LogP contribution in [0.3, 0.4) is 0 Å². The summed E-state index contributed by atoms with van der Waals surface area (Å²) in [5.74, 6) is 2.26. The van der Waals surface area contributed by atoms with E-state index >= 15 is 0 Å². The SMILES string of the molecule is C=C(CSCC)N(C)CCC. The Balaban J connectivity index is 3.47. The zero-order valence-corrected chi connectivity index (χ0v) is 8.71. The molecule has 0 fully saturated rings. The van der Waals surface area contributed by atoms with E-state index in [-0.39, 0.29) is 0 Å². The van der Waals surface area contributed by atoms with Crippen LogP contribution >= 0.6 is 11.8 Å². The number of thioether (sulfide) groups is 1. The van der Waals surface area contributed by atoms with E-state index in [4.69, 9.17) is 0 Å². The molecule has 0 bridgehead atoms. The summed E-state index contributed by atoms with van der Waals surface area (Å²) in [5, 5.41) is 0. The van der Waals surface area contributed by atoms with Crippen molar-refractivity contribution in [1.82, 2.24) is 4.90 Å². The van der Waals surface area contributed by atoms with Gasteiger partial charge in [0.25, 0.3) is 0 Å². The van der Waals surface area contributed by atoms with E-state index < -0.39 is 0 Å². The van der Waals surface area contributed by atoms with Gasteiger partial charge < -0.3 is 4.90 Å². The molecular weight excluding hydrogens is 154 g/mol. The van der Waals surface area contributed by atoms with Crippen molar-refractivity contribution in [2.24, 2.45) is 0 Å². The van der Waals surface area contributed by atoms with E-state index in [2.05, 4.69) is 32.4 Å². The summed E-state index contributed by atoms with van der Waals surface area (Å²) in [6, 6.07) is 0. The molecule has 0 unspecified atom stereocenters. The Labute approximate surface area is 74.9 Å². The molecule has 0 aliphatic heterocycles. The third-order valence-corrected chi connectivity index (χ3v) is 2.52. The minimum absolute atomic E-state index is 1.08. The van der Waals surface area contributed by atoms with Gasteiger partial charge in [-0.05, 0) is 12.2 Å². The fourth-order valence-electron chi connectivity index (χ4n) is 0.824. The summed E-state index contributed by atoms with van der Waals surface area (Å²) < 4.78 is 0. The molecule has 0 aromatic rings. The first-order valence-corrected chi connectivity index (χ1v) is 5.34. The van der Waals surface area contributed by atoms with Crippen LogP contribution in [0.25, 0.3) is 0 Å². The second kappa shape index (κ2) is 6.59. The first-order chi connectivity index (χ1) is 5.22. The van der Waals surface area contributed by atoms with Crippen LogP contribution in [0.5, 0.6) is 0 Å². The van der Waals surface area contributed by atoms with Crippen molar-refractivity contribution in [3.05, 3.63) is 12.3 Å². The minimum atomic E-state index is 1.08. The highest BCUT2D eigenvalue weighted by Gasteiger charge is 1.98. The van der Waals surface area contributed by atoms with Gasteiger partial charge in [0.2, 0.25) is 0 Å². The Hall–Kier alpha value is -0.110. The van der Waals surface area contributed by atoms with Crippen LogP contribution in [0.4, 0.5) is 0 Å². The Morgan fingerprint density at radius 2 is 2.09 bits per heavy atom. The largest absolute Gasteiger partial charge is 0.378 e. The smallest absolute Gasteiger partial charge is 0.0328 e. The van der Waals surface area contributed by atoms with Gasteiger partial charge in [0, 0.05) is 25.0 Å². The molecule has 0 aromatic carbocycles. The molecule has 0 atom stereocenters. The van der Waals surface area contributed by atoms with Gasteiger partial charge in [0.15, 0.2) is 0 Å². The highest BCUT2D eigenvalue weighted by molar-refractivity contribution is 7.99. The topological polar surface area (TPSA) is 3.24 Å². The van der Waals surface area contributed by atoms with E-state index in [1.165, 1.54) is 17.9 Å². The van der Waals surface area contributed by atoms with Crippen LogP contribution in [0.15, 0.2) is 12.3 Å². The van der Waals surface area contributed by atoms with E-state index in [1.807, 2.05) is 11.8 Å².